The van der Waals surface area contributed by atoms with E-state index in [1.807, 2.05) is 0 Å². The molecule has 0 aliphatic carbocycles. The lowest BCUT2D eigenvalue weighted by Crippen LogP contribution is -2.23. The molecule has 1 aromatic carbocycles. The number of aromatic nitrogens is 2. The second-order valence-corrected chi connectivity index (χ2v) is 4.73. The molecular formula is C13H6F7N3O3. The van der Waals surface area contributed by atoms with Crippen LogP contribution >= 0.6 is 0 Å². The number of carboxylic acids is 1. The van der Waals surface area contributed by atoms with Gasteiger partial charge in [0, 0.05) is 6.20 Å². The van der Waals surface area contributed by atoms with Crippen molar-refractivity contribution in [2.45, 2.75) is 12.7 Å². The molecule has 2 aromatic rings. The van der Waals surface area contributed by atoms with Crippen LogP contribution in [0.25, 0.3) is 0 Å². The lowest BCUT2D eigenvalue weighted by Gasteiger charge is -2.14. The topological polar surface area (TPSA) is 84.2 Å². The van der Waals surface area contributed by atoms with Crippen molar-refractivity contribution in [3.8, 4) is 0 Å². The third kappa shape index (κ3) is 3.45. The van der Waals surface area contributed by atoms with Crippen molar-refractivity contribution in [2.75, 3.05) is 5.32 Å². The Bertz CT molecular complexity index is 863. The number of anilines is 1. The summed E-state index contributed by atoms with van der Waals surface area (Å²) in [5.74, 6) is -13.3. The van der Waals surface area contributed by atoms with Crippen LogP contribution in [-0.2, 0) is 17.5 Å². The van der Waals surface area contributed by atoms with Gasteiger partial charge in [-0.3, -0.25) is 9.59 Å². The van der Waals surface area contributed by atoms with Crippen LogP contribution in [0, 0.1) is 23.3 Å². The number of halogens is 7. The number of hydrogen-bond donors (Lipinski definition) is 2. The van der Waals surface area contributed by atoms with Crippen LogP contribution in [0.2, 0.25) is 0 Å². The monoisotopic (exact) mass is 385 g/mol. The quantitative estimate of drug-likeness (QED) is 0.626. The van der Waals surface area contributed by atoms with Gasteiger partial charge in [0.05, 0.1) is 0 Å². The number of carbonyl (C=O) groups excluding carboxylic acids is 1. The second kappa shape index (κ2) is 6.65. The number of nitrogens with zero attached hydrogens (tertiary/aromatic N) is 2. The molecule has 0 unspecified atom stereocenters. The number of aliphatic carboxylic acids is 1. The molecular weight excluding hydrogens is 379 g/mol. The lowest BCUT2D eigenvalue weighted by atomic mass is 10.1. The van der Waals surface area contributed by atoms with Gasteiger partial charge in [-0.25, -0.2) is 22.2 Å². The highest BCUT2D eigenvalue weighted by Crippen LogP contribution is 2.38. The summed E-state index contributed by atoms with van der Waals surface area (Å²) in [4.78, 5) is 22.5. The third-order valence-corrected chi connectivity index (χ3v) is 3.02. The normalized spacial score (nSPS) is 11.5. The summed E-state index contributed by atoms with van der Waals surface area (Å²) in [5, 5.41) is 13.4. The molecule has 26 heavy (non-hydrogen) atoms. The predicted molar refractivity (Wildman–Crippen MR) is 69.1 cm³/mol. The van der Waals surface area contributed by atoms with Gasteiger partial charge in [-0.15, -0.1) is 0 Å². The summed E-state index contributed by atoms with van der Waals surface area (Å²) in [6.45, 7) is -0.837. The van der Waals surface area contributed by atoms with Crippen molar-refractivity contribution in [2.24, 2.45) is 0 Å². The summed E-state index contributed by atoms with van der Waals surface area (Å²) in [7, 11) is 0. The Labute approximate surface area is 138 Å². The van der Waals surface area contributed by atoms with Crippen molar-refractivity contribution in [1.29, 1.82) is 0 Å². The van der Waals surface area contributed by atoms with Gasteiger partial charge in [0.15, 0.2) is 23.3 Å². The first-order valence-electron chi connectivity index (χ1n) is 6.43. The summed E-state index contributed by atoms with van der Waals surface area (Å²) in [6, 6.07) is 0.908. The van der Waals surface area contributed by atoms with Crippen LogP contribution in [0.4, 0.5) is 36.4 Å². The Morgan fingerprint density at radius 3 is 2.08 bits per heavy atom. The Kier molecular flexibility index (Phi) is 4.91. The van der Waals surface area contributed by atoms with E-state index in [-0.39, 0.29) is 0 Å². The minimum Gasteiger partial charge on any atom is -0.480 e. The number of amides is 1. The zero-order valence-electron chi connectivity index (χ0n) is 12.2. The van der Waals surface area contributed by atoms with Gasteiger partial charge < -0.3 is 10.4 Å². The lowest BCUT2D eigenvalue weighted by molar-refractivity contribution is -0.143. The molecule has 0 aliphatic rings. The van der Waals surface area contributed by atoms with Gasteiger partial charge in [0.25, 0.3) is 5.91 Å². The highest BCUT2D eigenvalue weighted by molar-refractivity contribution is 6.03. The largest absolute Gasteiger partial charge is 0.480 e. The molecule has 0 atom stereocenters. The fourth-order valence-electron chi connectivity index (χ4n) is 1.95. The average Bonchev–Trinajstić information content (AvgIpc) is 2.95. The van der Waals surface area contributed by atoms with E-state index in [0.717, 1.165) is 12.3 Å². The van der Waals surface area contributed by atoms with Crippen molar-refractivity contribution >= 4 is 17.6 Å². The van der Waals surface area contributed by atoms with Gasteiger partial charge in [0.1, 0.15) is 23.5 Å². The Morgan fingerprint density at radius 2 is 1.62 bits per heavy atom. The van der Waals surface area contributed by atoms with Crippen molar-refractivity contribution in [1.82, 2.24) is 9.78 Å². The molecule has 13 heteroatoms. The van der Waals surface area contributed by atoms with E-state index in [9.17, 15) is 40.3 Å². The molecule has 1 aromatic heterocycles. The third-order valence-electron chi connectivity index (χ3n) is 3.02. The smallest absolute Gasteiger partial charge is 0.422 e. The van der Waals surface area contributed by atoms with Gasteiger partial charge in [-0.05, 0) is 6.07 Å². The maximum absolute atomic E-state index is 13.7. The molecule has 1 amide bonds. The highest BCUT2D eigenvalue weighted by atomic mass is 19.4. The van der Waals surface area contributed by atoms with Crippen LogP contribution in [0.5, 0.6) is 0 Å². The average molecular weight is 385 g/mol. The van der Waals surface area contributed by atoms with E-state index in [2.05, 4.69) is 5.10 Å². The van der Waals surface area contributed by atoms with Crippen LogP contribution < -0.4 is 5.32 Å². The first-order valence-corrected chi connectivity index (χ1v) is 6.43. The summed E-state index contributed by atoms with van der Waals surface area (Å²) in [6.07, 6.45) is -4.78. The van der Waals surface area contributed by atoms with E-state index in [0.29, 0.717) is 4.68 Å². The minimum atomic E-state index is -5.72. The first-order chi connectivity index (χ1) is 11.9. The number of alkyl halides is 3. The number of hydrogen-bond acceptors (Lipinski definition) is 3. The Balaban J connectivity index is 2.47. The maximum atomic E-state index is 13.7. The Hall–Kier alpha value is -3.12. The molecule has 0 spiro atoms. The van der Waals surface area contributed by atoms with E-state index < -0.39 is 64.8 Å². The fourth-order valence-corrected chi connectivity index (χ4v) is 1.95. The molecule has 0 saturated carbocycles. The molecule has 2 rings (SSSR count). The Morgan fingerprint density at radius 1 is 1.08 bits per heavy atom. The van der Waals surface area contributed by atoms with E-state index in [1.54, 1.807) is 0 Å². The molecule has 0 saturated heterocycles. The molecule has 2 N–H and O–H groups in total. The van der Waals surface area contributed by atoms with E-state index >= 15 is 0 Å². The van der Waals surface area contributed by atoms with Crippen molar-refractivity contribution in [3.05, 3.63) is 46.8 Å². The molecule has 0 aliphatic heterocycles. The van der Waals surface area contributed by atoms with Crippen LogP contribution in [0.3, 0.4) is 0 Å². The number of benzene rings is 1. The maximum Gasteiger partial charge on any atom is 0.422 e. The highest BCUT2D eigenvalue weighted by Gasteiger charge is 2.42. The van der Waals surface area contributed by atoms with Gasteiger partial charge >= 0.3 is 12.1 Å². The second-order valence-electron chi connectivity index (χ2n) is 4.73. The molecule has 1 heterocycles. The van der Waals surface area contributed by atoms with Crippen LogP contribution in [0.15, 0.2) is 12.3 Å². The van der Waals surface area contributed by atoms with E-state index in [4.69, 9.17) is 5.11 Å². The number of rotatable bonds is 4. The van der Waals surface area contributed by atoms with Crippen LogP contribution in [-0.4, -0.2) is 26.8 Å². The SMILES string of the molecule is O=C(O)Cn1nccc1C(=O)Nc1c(F)c(F)c(C(F)(F)F)c(F)c1F. The summed E-state index contributed by atoms with van der Waals surface area (Å²) in [5.41, 5.74) is -5.17. The molecule has 0 bridgehead atoms. The molecule has 0 fully saturated rings. The van der Waals surface area contributed by atoms with Crippen LogP contribution in [0.1, 0.15) is 16.1 Å². The first kappa shape index (κ1) is 19.2. The summed E-state index contributed by atoms with van der Waals surface area (Å²) < 4.78 is 92.5. The number of carboxylic acid groups (broad SMARTS) is 1. The molecule has 140 valence electrons. The van der Waals surface area contributed by atoms with Crippen molar-refractivity contribution < 1.29 is 45.4 Å². The zero-order chi connectivity index (χ0) is 19.8. The van der Waals surface area contributed by atoms with Gasteiger partial charge in [0.2, 0.25) is 0 Å². The van der Waals surface area contributed by atoms with Gasteiger partial charge in [-0.2, -0.15) is 18.3 Å². The van der Waals surface area contributed by atoms with Crippen molar-refractivity contribution in [3.63, 3.8) is 0 Å². The zero-order valence-corrected chi connectivity index (χ0v) is 12.2. The summed E-state index contributed by atoms with van der Waals surface area (Å²) >= 11 is 0. The standard InChI is InChI=1S/C13H6F7N3O3/c14-7-6(13(18,19)20)8(15)10(17)11(9(7)16)22-12(26)4-1-2-21-23(4)3-5(24)25/h1-2H,3H2,(H,22,26)(H,24,25). The van der Waals surface area contributed by atoms with Gasteiger partial charge in [-0.1, -0.05) is 0 Å². The molecule has 6 nitrogen and oxygen atoms in total. The number of nitrogens with one attached hydrogen (secondary N) is 1. The predicted octanol–water partition coefficient (Wildman–Crippen LogP) is 2.80. The minimum absolute atomic E-state index is 0.574. The van der Waals surface area contributed by atoms with E-state index in [1.165, 1.54) is 5.32 Å². The molecule has 0 radical (unpaired) electrons. The fraction of sp³-hybridized carbons (Fsp3) is 0.154. The number of carbonyl (C=O) groups is 2.